The number of carbonyl (C=O) groups is 2. The van der Waals surface area contributed by atoms with E-state index in [1.54, 1.807) is 4.90 Å². The van der Waals surface area contributed by atoms with Crippen molar-refractivity contribution < 1.29 is 37.6 Å². The Bertz CT molecular complexity index is 1300. The fourth-order valence-electron chi connectivity index (χ4n) is 5.37. The topological polar surface area (TPSA) is 112 Å². The van der Waals surface area contributed by atoms with Crippen molar-refractivity contribution in [1.29, 1.82) is 0 Å². The SMILES string of the molecule is CCCCC/C=C\C/C=C\C/C=C\C/C=C\CCCCCC(=O)OC(COC(=O)CCC/C=C\C/C=C\C/C=C\C/C=C\CCCCC)COP(=O)(O)OCCN(C)C. The Hall–Kier alpha value is -3.07. The molecule has 0 rings (SSSR count). The second-order valence-corrected chi connectivity index (χ2v) is 16.3. The lowest BCUT2D eigenvalue weighted by molar-refractivity contribution is -0.161. The second kappa shape index (κ2) is 43.0. The van der Waals surface area contributed by atoms with Gasteiger partial charge in [-0.15, -0.1) is 0 Å². The predicted octanol–water partition coefficient (Wildman–Crippen LogP) is 13.2. The van der Waals surface area contributed by atoms with Gasteiger partial charge in [0, 0.05) is 19.4 Å². The zero-order chi connectivity index (χ0) is 43.3. The van der Waals surface area contributed by atoms with Crippen molar-refractivity contribution in [1.82, 2.24) is 4.90 Å². The normalized spacial score (nSPS) is 14.3. The maximum atomic E-state index is 12.7. The minimum Gasteiger partial charge on any atom is -0.462 e. The number of phosphoric acid groups is 1. The first kappa shape index (κ1) is 55.9. The summed E-state index contributed by atoms with van der Waals surface area (Å²) in [6, 6.07) is 0. The van der Waals surface area contributed by atoms with E-state index in [1.807, 2.05) is 14.1 Å². The van der Waals surface area contributed by atoms with Crippen molar-refractivity contribution in [2.24, 2.45) is 0 Å². The largest absolute Gasteiger partial charge is 0.472 e. The van der Waals surface area contributed by atoms with Crippen LogP contribution >= 0.6 is 7.82 Å². The van der Waals surface area contributed by atoms with Gasteiger partial charge >= 0.3 is 19.8 Å². The summed E-state index contributed by atoms with van der Waals surface area (Å²) in [5.41, 5.74) is 0. The van der Waals surface area contributed by atoms with E-state index in [-0.39, 0.29) is 26.1 Å². The molecular weight excluding hydrogens is 762 g/mol. The van der Waals surface area contributed by atoms with E-state index in [0.717, 1.165) is 64.2 Å². The molecule has 0 bridgehead atoms. The molecule has 0 saturated heterocycles. The van der Waals surface area contributed by atoms with Crippen molar-refractivity contribution >= 4 is 19.8 Å². The van der Waals surface area contributed by atoms with E-state index in [4.69, 9.17) is 18.5 Å². The Balaban J connectivity index is 4.46. The average Bonchev–Trinajstić information content (AvgIpc) is 3.20. The number of likely N-dealkylation sites (N-methyl/N-ethyl adjacent to an activating group) is 1. The van der Waals surface area contributed by atoms with E-state index in [1.165, 1.54) is 51.4 Å². The highest BCUT2D eigenvalue weighted by Crippen LogP contribution is 2.43. The van der Waals surface area contributed by atoms with E-state index in [9.17, 15) is 19.0 Å². The molecule has 9 nitrogen and oxygen atoms in total. The van der Waals surface area contributed by atoms with Gasteiger partial charge in [0.15, 0.2) is 6.10 Å². The van der Waals surface area contributed by atoms with Gasteiger partial charge in [-0.3, -0.25) is 18.6 Å². The maximum Gasteiger partial charge on any atom is 0.472 e. The molecule has 2 atom stereocenters. The number of phosphoric ester groups is 1. The molecule has 10 heteroatoms. The van der Waals surface area contributed by atoms with Gasteiger partial charge < -0.3 is 19.3 Å². The van der Waals surface area contributed by atoms with Crippen LogP contribution in [0.1, 0.15) is 155 Å². The van der Waals surface area contributed by atoms with Crippen molar-refractivity contribution in [3.8, 4) is 0 Å². The number of esters is 2. The van der Waals surface area contributed by atoms with Crippen molar-refractivity contribution in [2.75, 3.05) is 40.5 Å². The summed E-state index contributed by atoms with van der Waals surface area (Å²) in [7, 11) is -0.767. The minimum absolute atomic E-state index is 0.0132. The van der Waals surface area contributed by atoms with Crippen LogP contribution in [0.3, 0.4) is 0 Å². The fraction of sp³-hybridized carbons (Fsp3) is 0.633. The molecule has 0 radical (unpaired) electrons. The quantitative estimate of drug-likeness (QED) is 0.0279. The lowest BCUT2D eigenvalue weighted by atomic mass is 10.1. The highest BCUT2D eigenvalue weighted by molar-refractivity contribution is 7.47. The molecule has 0 saturated carbocycles. The zero-order valence-corrected chi connectivity index (χ0v) is 38.3. The lowest BCUT2D eigenvalue weighted by Gasteiger charge is -2.20. The highest BCUT2D eigenvalue weighted by atomic mass is 31.2. The predicted molar refractivity (Wildman–Crippen MR) is 247 cm³/mol. The summed E-state index contributed by atoms with van der Waals surface area (Å²) < 4.78 is 33.4. The first-order valence-corrected chi connectivity index (χ1v) is 24.0. The third-order valence-electron chi connectivity index (χ3n) is 8.86. The van der Waals surface area contributed by atoms with Crippen LogP contribution in [0.4, 0.5) is 0 Å². The number of rotatable bonds is 40. The summed E-state index contributed by atoms with van der Waals surface area (Å²) in [6.45, 7) is 4.14. The van der Waals surface area contributed by atoms with Gasteiger partial charge in [-0.05, 0) is 110 Å². The third-order valence-corrected chi connectivity index (χ3v) is 9.85. The van der Waals surface area contributed by atoms with Crippen LogP contribution in [0.25, 0.3) is 0 Å². The van der Waals surface area contributed by atoms with Crippen molar-refractivity contribution in [3.63, 3.8) is 0 Å². The van der Waals surface area contributed by atoms with Crippen LogP contribution in [0.5, 0.6) is 0 Å². The highest BCUT2D eigenvalue weighted by Gasteiger charge is 2.26. The van der Waals surface area contributed by atoms with Gasteiger partial charge in [-0.25, -0.2) is 4.57 Å². The molecule has 2 unspecified atom stereocenters. The van der Waals surface area contributed by atoms with E-state index >= 15 is 0 Å². The van der Waals surface area contributed by atoms with E-state index in [2.05, 4.69) is 111 Å². The smallest absolute Gasteiger partial charge is 0.462 e. The van der Waals surface area contributed by atoms with Crippen LogP contribution < -0.4 is 0 Å². The first-order valence-electron chi connectivity index (χ1n) is 22.5. The number of allylic oxidation sites excluding steroid dienone is 16. The maximum absolute atomic E-state index is 12.7. The molecule has 0 fully saturated rings. The molecule has 0 aromatic carbocycles. The Labute approximate surface area is 360 Å². The molecule has 0 heterocycles. The third kappa shape index (κ3) is 44.3. The van der Waals surface area contributed by atoms with E-state index in [0.29, 0.717) is 19.4 Å². The molecule has 59 heavy (non-hydrogen) atoms. The molecule has 336 valence electrons. The van der Waals surface area contributed by atoms with Crippen molar-refractivity contribution in [3.05, 3.63) is 97.2 Å². The van der Waals surface area contributed by atoms with Crippen LogP contribution in [0, 0.1) is 0 Å². The summed E-state index contributed by atoms with van der Waals surface area (Å²) >= 11 is 0. The standard InChI is InChI=1S/C49H82NO8P/c1-5-7-9-11-13-15-17-19-21-23-24-26-28-30-32-34-36-38-40-42-49(52)58-47(46-57-59(53,54)56-44-43-50(3)4)45-55-48(51)41-39-37-35-33-31-29-27-25-22-20-18-16-14-12-10-8-6-2/h13-16,19-22,24,26-27,29-30,32-33,35,47H,5-12,17-18,23,25,28,31,34,36-46H2,1-4H3,(H,53,54)/b15-13-,16-14-,21-19-,22-20-,26-24-,29-27-,32-30-,35-33-. The van der Waals surface area contributed by atoms with Crippen LogP contribution in [0.2, 0.25) is 0 Å². The summed E-state index contributed by atoms with van der Waals surface area (Å²) in [5.74, 6) is -0.914. The van der Waals surface area contributed by atoms with Crippen LogP contribution in [-0.2, 0) is 32.7 Å². The molecule has 1 N–H and O–H groups in total. The summed E-state index contributed by atoms with van der Waals surface area (Å²) in [4.78, 5) is 37.0. The molecule has 0 aromatic heterocycles. The fourth-order valence-corrected chi connectivity index (χ4v) is 6.11. The molecule has 0 aliphatic carbocycles. The van der Waals surface area contributed by atoms with Crippen molar-refractivity contribution in [2.45, 2.75) is 161 Å². The number of nitrogens with zero attached hydrogens (tertiary/aromatic N) is 1. The Morgan fingerprint density at radius 1 is 0.525 bits per heavy atom. The van der Waals surface area contributed by atoms with Gasteiger partial charge in [0.05, 0.1) is 13.2 Å². The Kier molecular flexibility index (Phi) is 40.8. The number of ether oxygens (including phenoxy) is 2. The van der Waals surface area contributed by atoms with Crippen LogP contribution in [0.15, 0.2) is 97.2 Å². The first-order chi connectivity index (χ1) is 28.7. The summed E-state index contributed by atoms with van der Waals surface area (Å²) in [5, 5.41) is 0. The average molecular weight is 844 g/mol. The van der Waals surface area contributed by atoms with Gasteiger partial charge in [0.25, 0.3) is 0 Å². The molecule has 0 aromatic rings. The second-order valence-electron chi connectivity index (χ2n) is 14.9. The monoisotopic (exact) mass is 844 g/mol. The van der Waals surface area contributed by atoms with Gasteiger partial charge in [-0.2, -0.15) is 0 Å². The minimum atomic E-state index is -4.39. The van der Waals surface area contributed by atoms with Crippen LogP contribution in [-0.4, -0.2) is 68.3 Å². The summed E-state index contributed by atoms with van der Waals surface area (Å²) in [6.07, 6.45) is 54.6. The molecular formula is C49H82NO8P. The molecule has 0 spiro atoms. The van der Waals surface area contributed by atoms with E-state index < -0.39 is 32.5 Å². The Morgan fingerprint density at radius 3 is 1.37 bits per heavy atom. The molecule has 0 aliphatic rings. The van der Waals surface area contributed by atoms with Gasteiger partial charge in [0.2, 0.25) is 0 Å². The molecule has 0 aliphatic heterocycles. The Morgan fingerprint density at radius 2 is 0.932 bits per heavy atom. The zero-order valence-electron chi connectivity index (χ0n) is 37.4. The lowest BCUT2D eigenvalue weighted by Crippen LogP contribution is -2.29. The number of unbranched alkanes of at least 4 members (excludes halogenated alkanes) is 10. The van der Waals surface area contributed by atoms with Gasteiger partial charge in [-0.1, -0.05) is 143 Å². The number of carbonyl (C=O) groups excluding carboxylic acids is 2. The van der Waals surface area contributed by atoms with Gasteiger partial charge in [0.1, 0.15) is 6.61 Å². The number of hydrogen-bond donors (Lipinski definition) is 1. The molecule has 0 amide bonds. The number of hydrogen-bond acceptors (Lipinski definition) is 8.